The largest absolute Gasteiger partial charge is 0.373 e. The van der Waals surface area contributed by atoms with Crippen LogP contribution in [0.15, 0.2) is 97.1 Å². The molecule has 0 saturated heterocycles. The van der Waals surface area contributed by atoms with E-state index in [2.05, 4.69) is 119 Å². The number of hydrogen-bond acceptors (Lipinski definition) is 3. The summed E-state index contributed by atoms with van der Waals surface area (Å²) in [4.78, 5) is 0. The summed E-state index contributed by atoms with van der Waals surface area (Å²) < 4.78 is 5.37. The highest BCUT2D eigenvalue weighted by Crippen LogP contribution is 2.60. The standard InChI is InChI=1S/C33H25N3S/c1-33-18-20(19-9-3-2-4-10-19)15-16-23(33)29-28-21-11-5-8-14-26(21)37-27(28)17-22-30-32(36(33)31(22)29)35-25-13-7-6-12-24(25)34-30/h2-17,24-25,34-35H,18H2,1H3. The summed E-state index contributed by atoms with van der Waals surface area (Å²) in [6.07, 6.45) is 14.6. The van der Waals surface area contributed by atoms with Crippen molar-refractivity contribution in [3.8, 4) is 0 Å². The van der Waals surface area contributed by atoms with Gasteiger partial charge in [0.05, 0.1) is 28.8 Å². The Morgan fingerprint density at radius 2 is 1.65 bits per heavy atom. The SMILES string of the molecule is CC12CC(c3ccccc3)=CC=C1c1c3c(cc4c5c(n2c14)NC1C=CC=CC1N5)sc1ccccc13. The summed E-state index contributed by atoms with van der Waals surface area (Å²) in [6, 6.07) is 22.7. The first kappa shape index (κ1) is 20.1. The number of aromatic nitrogens is 1. The molecular weight excluding hydrogens is 470 g/mol. The molecule has 5 aromatic rings. The van der Waals surface area contributed by atoms with E-state index in [9.17, 15) is 0 Å². The molecule has 2 N–H and O–H groups in total. The minimum atomic E-state index is -0.179. The minimum absolute atomic E-state index is 0.179. The molecular formula is C33H25N3S. The van der Waals surface area contributed by atoms with Crippen LogP contribution < -0.4 is 10.6 Å². The molecule has 0 amide bonds. The highest BCUT2D eigenvalue weighted by Gasteiger charge is 2.47. The molecule has 178 valence electrons. The molecule has 0 bridgehead atoms. The van der Waals surface area contributed by atoms with Crippen molar-refractivity contribution in [2.24, 2.45) is 0 Å². The van der Waals surface area contributed by atoms with E-state index in [4.69, 9.17) is 0 Å². The number of nitrogens with zero attached hydrogens (tertiary/aromatic N) is 1. The smallest absolute Gasteiger partial charge is 0.132 e. The van der Waals surface area contributed by atoms with Crippen LogP contribution in [0.5, 0.6) is 0 Å². The number of fused-ring (bicyclic) bond motifs is 11. The van der Waals surface area contributed by atoms with Crippen LogP contribution in [0.1, 0.15) is 24.5 Å². The van der Waals surface area contributed by atoms with Gasteiger partial charge in [-0.05, 0) is 35.8 Å². The zero-order chi connectivity index (χ0) is 24.3. The molecule has 3 atom stereocenters. The first-order valence-corrected chi connectivity index (χ1v) is 13.9. The second kappa shape index (κ2) is 6.84. The van der Waals surface area contributed by atoms with Crippen LogP contribution in [0.3, 0.4) is 0 Å². The summed E-state index contributed by atoms with van der Waals surface area (Å²) in [5, 5.41) is 12.0. The van der Waals surface area contributed by atoms with Crippen molar-refractivity contribution < 1.29 is 0 Å². The summed E-state index contributed by atoms with van der Waals surface area (Å²) in [6.45, 7) is 2.44. The molecule has 2 aromatic heterocycles. The Morgan fingerprint density at radius 1 is 0.865 bits per heavy atom. The second-order valence-electron chi connectivity index (χ2n) is 10.9. The van der Waals surface area contributed by atoms with Crippen molar-refractivity contribution in [1.29, 1.82) is 0 Å². The lowest BCUT2D eigenvalue weighted by Crippen LogP contribution is -2.43. The van der Waals surface area contributed by atoms with Crippen molar-refractivity contribution in [2.45, 2.75) is 31.0 Å². The molecule has 4 heteroatoms. The van der Waals surface area contributed by atoms with Gasteiger partial charge in [0.1, 0.15) is 5.82 Å². The van der Waals surface area contributed by atoms with E-state index >= 15 is 0 Å². The predicted molar refractivity (Wildman–Crippen MR) is 159 cm³/mol. The molecule has 0 saturated carbocycles. The molecule has 3 nitrogen and oxygen atoms in total. The van der Waals surface area contributed by atoms with Gasteiger partial charge in [-0.15, -0.1) is 11.3 Å². The first-order valence-electron chi connectivity index (χ1n) is 13.1. The van der Waals surface area contributed by atoms with Crippen LogP contribution >= 0.6 is 11.3 Å². The fourth-order valence-electron chi connectivity index (χ4n) is 7.19. The van der Waals surface area contributed by atoms with Gasteiger partial charge in [-0.25, -0.2) is 0 Å². The lowest BCUT2D eigenvalue weighted by molar-refractivity contribution is 0.465. The Hall–Kier alpha value is -4.02. The Morgan fingerprint density at radius 3 is 2.51 bits per heavy atom. The van der Waals surface area contributed by atoms with Crippen molar-refractivity contribution in [3.05, 3.63) is 108 Å². The van der Waals surface area contributed by atoms with E-state index in [1.807, 2.05) is 11.3 Å². The zero-order valence-electron chi connectivity index (χ0n) is 20.5. The molecule has 4 heterocycles. The molecule has 0 spiro atoms. The first-order chi connectivity index (χ1) is 18.2. The van der Waals surface area contributed by atoms with Crippen LogP contribution in [0.4, 0.5) is 11.5 Å². The highest BCUT2D eigenvalue weighted by atomic mass is 32.1. The normalized spacial score (nSPS) is 24.9. The molecule has 3 aromatic carbocycles. The zero-order valence-corrected chi connectivity index (χ0v) is 21.3. The van der Waals surface area contributed by atoms with Crippen LogP contribution in [0.25, 0.3) is 42.2 Å². The van der Waals surface area contributed by atoms with Crippen LogP contribution in [0.2, 0.25) is 0 Å². The molecule has 2 aliphatic carbocycles. The number of anilines is 2. The monoisotopic (exact) mass is 495 g/mol. The average Bonchev–Trinajstić information content (AvgIpc) is 3.55. The third-order valence-corrected chi connectivity index (χ3v) is 9.93. The van der Waals surface area contributed by atoms with Crippen LogP contribution in [-0.4, -0.2) is 16.7 Å². The topological polar surface area (TPSA) is 29.0 Å². The third kappa shape index (κ3) is 2.47. The molecule has 0 fully saturated rings. The second-order valence-corrected chi connectivity index (χ2v) is 12.0. The maximum atomic E-state index is 3.96. The predicted octanol–water partition coefficient (Wildman–Crippen LogP) is 8.31. The molecule has 3 unspecified atom stereocenters. The number of nitrogens with one attached hydrogen (secondary N) is 2. The van der Waals surface area contributed by atoms with E-state index in [1.54, 1.807) is 0 Å². The van der Waals surface area contributed by atoms with Crippen molar-refractivity contribution in [3.63, 3.8) is 0 Å². The quantitative estimate of drug-likeness (QED) is 0.245. The van der Waals surface area contributed by atoms with Gasteiger partial charge in [0, 0.05) is 37.5 Å². The summed E-state index contributed by atoms with van der Waals surface area (Å²) in [5.74, 6) is 1.22. The Bertz CT molecular complexity index is 1930. The van der Waals surface area contributed by atoms with Gasteiger partial charge in [-0.1, -0.05) is 85.0 Å². The summed E-state index contributed by atoms with van der Waals surface area (Å²) in [5.41, 5.74) is 7.99. The van der Waals surface area contributed by atoms with E-state index in [0.29, 0.717) is 0 Å². The molecule has 37 heavy (non-hydrogen) atoms. The van der Waals surface area contributed by atoms with Gasteiger partial charge in [-0.3, -0.25) is 0 Å². The van der Waals surface area contributed by atoms with Gasteiger partial charge in [0.15, 0.2) is 0 Å². The van der Waals surface area contributed by atoms with E-state index in [-0.39, 0.29) is 17.6 Å². The van der Waals surface area contributed by atoms with Gasteiger partial charge in [0.25, 0.3) is 0 Å². The fraction of sp³-hybridized carbons (Fsp3) is 0.152. The fourth-order valence-corrected chi connectivity index (χ4v) is 8.34. The number of allylic oxidation sites excluding steroid dienone is 6. The maximum absolute atomic E-state index is 3.96. The molecule has 4 aliphatic rings. The Kier molecular flexibility index (Phi) is 3.71. The third-order valence-electron chi connectivity index (χ3n) is 8.82. The van der Waals surface area contributed by atoms with E-state index in [0.717, 1.165) is 6.42 Å². The van der Waals surface area contributed by atoms with Crippen molar-refractivity contribution in [2.75, 3.05) is 10.6 Å². The Balaban J connectivity index is 1.40. The maximum Gasteiger partial charge on any atom is 0.132 e. The minimum Gasteiger partial charge on any atom is -0.373 e. The van der Waals surface area contributed by atoms with E-state index < -0.39 is 0 Å². The molecule has 9 rings (SSSR count). The highest BCUT2D eigenvalue weighted by molar-refractivity contribution is 7.26. The van der Waals surface area contributed by atoms with E-state index in [1.165, 1.54) is 64.9 Å². The average molecular weight is 496 g/mol. The molecule has 2 aliphatic heterocycles. The van der Waals surface area contributed by atoms with Gasteiger partial charge in [0.2, 0.25) is 0 Å². The summed E-state index contributed by atoms with van der Waals surface area (Å²) in [7, 11) is 0. The van der Waals surface area contributed by atoms with Crippen molar-refractivity contribution >= 4 is 65.1 Å². The van der Waals surface area contributed by atoms with Crippen LogP contribution in [-0.2, 0) is 5.54 Å². The van der Waals surface area contributed by atoms with Crippen LogP contribution in [0, 0.1) is 0 Å². The van der Waals surface area contributed by atoms with Crippen molar-refractivity contribution in [1.82, 2.24) is 4.57 Å². The number of thiophene rings is 1. The Labute approximate surface area is 219 Å². The lowest BCUT2D eigenvalue weighted by Gasteiger charge is -2.39. The number of hydrogen-bond donors (Lipinski definition) is 2. The lowest BCUT2D eigenvalue weighted by atomic mass is 9.77. The number of benzene rings is 3. The molecule has 0 radical (unpaired) electrons. The number of rotatable bonds is 1. The van der Waals surface area contributed by atoms with Gasteiger partial charge < -0.3 is 15.2 Å². The van der Waals surface area contributed by atoms with Gasteiger partial charge >= 0.3 is 0 Å². The van der Waals surface area contributed by atoms with Gasteiger partial charge in [-0.2, -0.15) is 0 Å². The summed E-state index contributed by atoms with van der Waals surface area (Å²) >= 11 is 1.92.